The van der Waals surface area contributed by atoms with E-state index in [1.54, 1.807) is 29.2 Å². The third kappa shape index (κ3) is 4.62. The first-order valence-corrected chi connectivity index (χ1v) is 13.2. The first kappa shape index (κ1) is 24.5. The molecule has 7 nitrogen and oxygen atoms in total. The predicted molar refractivity (Wildman–Crippen MR) is 144 cm³/mol. The molecule has 2 aliphatic heterocycles. The van der Waals surface area contributed by atoms with Crippen LogP contribution in [0.25, 0.3) is 21.2 Å². The number of urea groups is 1. The molecule has 0 spiro atoms. The summed E-state index contributed by atoms with van der Waals surface area (Å²) >= 11 is 1.45. The summed E-state index contributed by atoms with van der Waals surface area (Å²) in [7, 11) is 0. The van der Waals surface area contributed by atoms with Gasteiger partial charge < -0.3 is 20.0 Å². The molecule has 6 rings (SSSR count). The van der Waals surface area contributed by atoms with Crippen molar-refractivity contribution in [2.24, 2.45) is 0 Å². The number of pyridine rings is 1. The molecule has 0 saturated carbocycles. The van der Waals surface area contributed by atoms with Crippen LogP contribution < -0.4 is 15.1 Å². The molecule has 2 aromatic heterocycles. The largest absolute Gasteiger partial charge is 0.352 e. The van der Waals surface area contributed by atoms with Gasteiger partial charge in [0.15, 0.2) is 5.82 Å². The molecule has 1 N–H and O–H groups in total. The molecule has 2 saturated heterocycles. The van der Waals surface area contributed by atoms with Crippen molar-refractivity contribution in [2.75, 3.05) is 54.4 Å². The highest BCUT2D eigenvalue weighted by molar-refractivity contribution is 7.13. The maximum absolute atomic E-state index is 14.8. The predicted octanol–water partition coefficient (Wildman–Crippen LogP) is 5.70. The van der Waals surface area contributed by atoms with Gasteiger partial charge in [-0.15, -0.1) is 0 Å². The number of nitrogens with one attached hydrogen (secondary N) is 1. The highest BCUT2D eigenvalue weighted by Gasteiger charge is 2.40. The van der Waals surface area contributed by atoms with Gasteiger partial charge in [-0.25, -0.2) is 22.9 Å². The Morgan fingerprint density at radius 1 is 0.895 bits per heavy atom. The molecule has 2 fully saturated rings. The lowest BCUT2D eigenvalue weighted by atomic mass is 10.0. The summed E-state index contributed by atoms with van der Waals surface area (Å²) in [4.78, 5) is 23.1. The SMILES string of the molecule is O=C(Nc1c(-c2ccccc2F)ccnc1N1CCC(F)(F)C1)N1CCN(c2nsc3ccccc23)CC1. The van der Waals surface area contributed by atoms with Crippen molar-refractivity contribution in [3.8, 4) is 11.1 Å². The Hall–Kier alpha value is -3.86. The molecule has 2 aliphatic rings. The summed E-state index contributed by atoms with van der Waals surface area (Å²) in [6.07, 6.45) is 1.15. The molecule has 11 heteroatoms. The van der Waals surface area contributed by atoms with Crippen molar-refractivity contribution >= 4 is 45.0 Å². The van der Waals surface area contributed by atoms with E-state index in [9.17, 15) is 18.0 Å². The molecular weight excluding hydrogens is 513 g/mol. The maximum Gasteiger partial charge on any atom is 0.322 e. The fraction of sp³-hybridized carbons (Fsp3) is 0.296. The van der Waals surface area contributed by atoms with Crippen LogP contribution in [0.15, 0.2) is 60.8 Å². The number of anilines is 3. The lowest BCUT2D eigenvalue weighted by molar-refractivity contribution is 0.0257. The van der Waals surface area contributed by atoms with Gasteiger partial charge in [0.25, 0.3) is 5.92 Å². The Morgan fingerprint density at radius 3 is 2.42 bits per heavy atom. The average Bonchev–Trinajstić information content (AvgIpc) is 3.52. The zero-order chi connectivity index (χ0) is 26.3. The Labute approximate surface area is 221 Å². The third-order valence-electron chi connectivity index (χ3n) is 7.02. The number of rotatable bonds is 4. The third-order valence-corrected chi connectivity index (χ3v) is 7.84. The van der Waals surface area contributed by atoms with E-state index >= 15 is 0 Å². The molecule has 4 heterocycles. The molecule has 0 aliphatic carbocycles. The maximum atomic E-state index is 14.8. The summed E-state index contributed by atoms with van der Waals surface area (Å²) in [5.41, 5.74) is 0.884. The molecule has 0 radical (unpaired) electrons. The van der Waals surface area contributed by atoms with E-state index in [-0.39, 0.29) is 36.1 Å². The van der Waals surface area contributed by atoms with Gasteiger partial charge in [-0.1, -0.05) is 30.3 Å². The highest BCUT2D eigenvalue weighted by Crippen LogP contribution is 2.40. The van der Waals surface area contributed by atoms with Crippen molar-refractivity contribution in [3.05, 3.63) is 66.6 Å². The fourth-order valence-corrected chi connectivity index (χ4v) is 5.84. The number of aromatic nitrogens is 2. The molecule has 4 aromatic rings. The normalized spacial score (nSPS) is 17.3. The van der Waals surface area contributed by atoms with E-state index in [2.05, 4.69) is 19.6 Å². The molecule has 196 valence electrons. The lowest BCUT2D eigenvalue weighted by Crippen LogP contribution is -2.50. The van der Waals surface area contributed by atoms with Crippen molar-refractivity contribution in [1.29, 1.82) is 0 Å². The number of hydrogen-bond donors (Lipinski definition) is 1. The van der Waals surface area contributed by atoms with Gasteiger partial charge in [0.2, 0.25) is 0 Å². The average molecular weight is 539 g/mol. The monoisotopic (exact) mass is 538 g/mol. The molecule has 0 bridgehead atoms. The van der Waals surface area contributed by atoms with E-state index in [1.165, 1.54) is 28.7 Å². The molecule has 0 unspecified atom stereocenters. The molecule has 2 aromatic carbocycles. The number of carbonyl (C=O) groups excluding carboxylic acids is 1. The van der Waals surface area contributed by atoms with Gasteiger partial charge in [-0.3, -0.25) is 0 Å². The van der Waals surface area contributed by atoms with E-state index in [0.29, 0.717) is 31.7 Å². The van der Waals surface area contributed by atoms with Crippen LogP contribution in [0.5, 0.6) is 0 Å². The second-order valence-corrected chi connectivity index (χ2v) is 10.3. The van der Waals surface area contributed by atoms with Crippen LogP contribution >= 0.6 is 11.5 Å². The van der Waals surface area contributed by atoms with Crippen LogP contribution in [0.1, 0.15) is 6.42 Å². The van der Waals surface area contributed by atoms with Crippen LogP contribution in [0, 0.1) is 5.82 Å². The van der Waals surface area contributed by atoms with Crippen molar-refractivity contribution in [3.63, 3.8) is 0 Å². The van der Waals surface area contributed by atoms with Crippen molar-refractivity contribution in [1.82, 2.24) is 14.3 Å². The Bertz CT molecular complexity index is 1490. The summed E-state index contributed by atoms with van der Waals surface area (Å²) < 4.78 is 48.6. The van der Waals surface area contributed by atoms with Gasteiger partial charge in [0.05, 0.1) is 16.9 Å². The quantitative estimate of drug-likeness (QED) is 0.361. The number of halogens is 3. The van der Waals surface area contributed by atoms with E-state index in [0.717, 1.165) is 15.9 Å². The second kappa shape index (κ2) is 9.79. The first-order valence-electron chi connectivity index (χ1n) is 12.4. The van der Waals surface area contributed by atoms with E-state index in [1.807, 2.05) is 24.3 Å². The van der Waals surface area contributed by atoms with Gasteiger partial charge in [0, 0.05) is 61.9 Å². The second-order valence-electron chi connectivity index (χ2n) is 9.47. The van der Waals surface area contributed by atoms with Gasteiger partial charge in [0.1, 0.15) is 11.6 Å². The smallest absolute Gasteiger partial charge is 0.322 e. The molecule has 38 heavy (non-hydrogen) atoms. The van der Waals surface area contributed by atoms with E-state index < -0.39 is 18.3 Å². The molecule has 2 amide bonds. The number of hydrogen-bond acceptors (Lipinski definition) is 6. The molecule has 0 atom stereocenters. The highest BCUT2D eigenvalue weighted by atomic mass is 32.1. The number of fused-ring (bicyclic) bond motifs is 1. The fourth-order valence-electron chi connectivity index (χ4n) is 5.04. The van der Waals surface area contributed by atoms with Crippen LogP contribution in [0.2, 0.25) is 0 Å². The van der Waals surface area contributed by atoms with Gasteiger partial charge in [-0.2, -0.15) is 4.37 Å². The Balaban J connectivity index is 1.25. The van der Waals surface area contributed by atoms with E-state index in [4.69, 9.17) is 0 Å². The summed E-state index contributed by atoms with van der Waals surface area (Å²) in [6, 6.07) is 15.4. The minimum absolute atomic E-state index is 0.0872. The Kier molecular flexibility index (Phi) is 6.30. The number of benzene rings is 2. The number of alkyl halides is 2. The zero-order valence-electron chi connectivity index (χ0n) is 20.4. The number of carbonyl (C=O) groups is 1. The van der Waals surface area contributed by atoms with Crippen LogP contribution in [-0.2, 0) is 0 Å². The lowest BCUT2D eigenvalue weighted by Gasteiger charge is -2.35. The minimum atomic E-state index is -2.85. The van der Waals surface area contributed by atoms with Crippen LogP contribution in [0.3, 0.4) is 0 Å². The van der Waals surface area contributed by atoms with Crippen LogP contribution in [0.4, 0.5) is 35.3 Å². The summed E-state index contributed by atoms with van der Waals surface area (Å²) in [5, 5.41) is 3.99. The van der Waals surface area contributed by atoms with Crippen LogP contribution in [-0.4, -0.2) is 65.5 Å². The first-order chi connectivity index (χ1) is 18.4. The minimum Gasteiger partial charge on any atom is -0.352 e. The number of amides is 2. The van der Waals surface area contributed by atoms with Gasteiger partial charge >= 0.3 is 6.03 Å². The topological polar surface area (TPSA) is 64.6 Å². The van der Waals surface area contributed by atoms with Crippen molar-refractivity contribution < 1.29 is 18.0 Å². The van der Waals surface area contributed by atoms with Gasteiger partial charge in [-0.05, 0) is 35.8 Å². The Morgan fingerprint density at radius 2 is 1.66 bits per heavy atom. The summed E-state index contributed by atoms with van der Waals surface area (Å²) in [5.74, 6) is -2.20. The summed E-state index contributed by atoms with van der Waals surface area (Å²) in [6.45, 7) is 1.67. The molecular formula is C27H25F3N6OS. The number of nitrogens with zero attached hydrogens (tertiary/aromatic N) is 5. The van der Waals surface area contributed by atoms with Crippen molar-refractivity contribution in [2.45, 2.75) is 12.3 Å². The standard InChI is InChI=1S/C27H25F3N6OS/c28-21-7-3-1-5-18(21)19-9-11-31-25(36-12-10-27(29,30)17-36)23(19)32-26(37)35-15-13-34(14-16-35)24-20-6-2-4-8-22(20)38-33-24/h1-9,11H,10,12-17H2,(H,32,37). The number of piperazine rings is 1. The zero-order valence-corrected chi connectivity index (χ0v) is 21.2.